The molecule has 1 aromatic heterocycles. The third kappa shape index (κ3) is 4.13. The fourth-order valence-corrected chi connectivity index (χ4v) is 4.44. The molecular weight excluding hydrogens is 394 g/mol. The summed E-state index contributed by atoms with van der Waals surface area (Å²) in [6.45, 7) is 1.85. The number of aromatic nitrogens is 2. The van der Waals surface area contributed by atoms with E-state index in [0.717, 1.165) is 30.8 Å². The maximum atomic E-state index is 12.6. The number of rotatable bonds is 6. The molecule has 10 heteroatoms. The Morgan fingerprint density at radius 1 is 0.966 bits per heavy atom. The number of imide groups is 1. The highest BCUT2D eigenvalue weighted by molar-refractivity contribution is 7.89. The van der Waals surface area contributed by atoms with E-state index in [-0.39, 0.29) is 36.1 Å². The molecule has 1 aromatic carbocycles. The molecule has 152 valence electrons. The molecule has 1 N–H and O–H groups in total. The highest BCUT2D eigenvalue weighted by Crippen LogP contribution is 2.24. The van der Waals surface area contributed by atoms with Crippen molar-refractivity contribution in [3.8, 4) is 0 Å². The molecule has 29 heavy (non-hydrogen) atoms. The van der Waals surface area contributed by atoms with Gasteiger partial charge in [0, 0.05) is 32.1 Å². The first-order chi connectivity index (χ1) is 13.9. The third-order valence-electron chi connectivity index (χ3n) is 4.99. The summed E-state index contributed by atoms with van der Waals surface area (Å²) >= 11 is 0. The smallest absolute Gasteiger partial charge is 0.240 e. The molecule has 2 fully saturated rings. The predicted octanol–water partition coefficient (Wildman–Crippen LogP) is 1.21. The fraction of sp³-hybridized carbons (Fsp3) is 0.368. The zero-order valence-corrected chi connectivity index (χ0v) is 16.6. The number of benzene rings is 1. The maximum absolute atomic E-state index is 12.6. The highest BCUT2D eigenvalue weighted by Gasteiger charge is 2.30. The van der Waals surface area contributed by atoms with E-state index in [4.69, 9.17) is 0 Å². The van der Waals surface area contributed by atoms with Crippen LogP contribution in [0.25, 0.3) is 0 Å². The molecule has 0 unspecified atom stereocenters. The number of amides is 2. The van der Waals surface area contributed by atoms with Crippen LogP contribution in [0.1, 0.15) is 31.4 Å². The maximum Gasteiger partial charge on any atom is 0.240 e. The quantitative estimate of drug-likeness (QED) is 0.706. The van der Waals surface area contributed by atoms with Crippen molar-refractivity contribution in [3.05, 3.63) is 42.2 Å². The largest absolute Gasteiger partial charge is 0.341 e. The van der Waals surface area contributed by atoms with E-state index in [1.807, 2.05) is 0 Å². The summed E-state index contributed by atoms with van der Waals surface area (Å²) in [6, 6.07) is 7.37. The van der Waals surface area contributed by atoms with Gasteiger partial charge in [0.25, 0.3) is 0 Å². The Hall–Kier alpha value is -2.85. The molecule has 2 aromatic rings. The molecule has 0 saturated carbocycles. The Kier molecular flexibility index (Phi) is 5.29. The predicted molar refractivity (Wildman–Crippen MR) is 106 cm³/mol. The van der Waals surface area contributed by atoms with Gasteiger partial charge in [-0.15, -0.1) is 0 Å². The van der Waals surface area contributed by atoms with Gasteiger partial charge >= 0.3 is 0 Å². The molecule has 0 radical (unpaired) electrons. The molecule has 0 aliphatic carbocycles. The number of nitrogens with zero attached hydrogens (tertiary/aromatic N) is 4. The van der Waals surface area contributed by atoms with Gasteiger partial charge in [-0.05, 0) is 43.2 Å². The van der Waals surface area contributed by atoms with E-state index in [1.54, 1.807) is 12.3 Å². The van der Waals surface area contributed by atoms with Crippen LogP contribution < -0.4 is 14.5 Å². The van der Waals surface area contributed by atoms with Crippen LogP contribution in [0.3, 0.4) is 0 Å². The molecule has 2 saturated heterocycles. The summed E-state index contributed by atoms with van der Waals surface area (Å²) in [6.07, 6.45) is 4.19. The second-order valence-corrected chi connectivity index (χ2v) is 8.75. The number of anilines is 2. The van der Waals surface area contributed by atoms with Crippen LogP contribution in [0.2, 0.25) is 0 Å². The summed E-state index contributed by atoms with van der Waals surface area (Å²) in [5.74, 6) is 0.0612. The Morgan fingerprint density at radius 3 is 2.28 bits per heavy atom. The van der Waals surface area contributed by atoms with Gasteiger partial charge in [-0.3, -0.25) is 14.5 Å². The number of nitrogens with one attached hydrogen (secondary N) is 1. The van der Waals surface area contributed by atoms with Crippen molar-refractivity contribution < 1.29 is 18.0 Å². The van der Waals surface area contributed by atoms with Crippen molar-refractivity contribution in [2.75, 3.05) is 22.9 Å². The first kappa shape index (κ1) is 19.5. The van der Waals surface area contributed by atoms with Crippen LogP contribution in [0.4, 0.5) is 11.6 Å². The highest BCUT2D eigenvalue weighted by atomic mass is 32.2. The van der Waals surface area contributed by atoms with Gasteiger partial charge in [0.05, 0.1) is 22.8 Å². The van der Waals surface area contributed by atoms with Crippen LogP contribution in [0.5, 0.6) is 0 Å². The zero-order chi connectivity index (χ0) is 20.4. The van der Waals surface area contributed by atoms with E-state index in [9.17, 15) is 18.0 Å². The Balaban J connectivity index is 1.44. The van der Waals surface area contributed by atoms with Gasteiger partial charge in [-0.1, -0.05) is 0 Å². The first-order valence-electron chi connectivity index (χ1n) is 9.46. The normalized spacial score (nSPS) is 17.4. The zero-order valence-electron chi connectivity index (χ0n) is 15.7. The monoisotopic (exact) mass is 415 g/mol. The van der Waals surface area contributed by atoms with E-state index in [0.29, 0.717) is 17.3 Å². The molecule has 0 atom stereocenters. The first-order valence-corrected chi connectivity index (χ1v) is 10.9. The van der Waals surface area contributed by atoms with Gasteiger partial charge < -0.3 is 4.90 Å². The summed E-state index contributed by atoms with van der Waals surface area (Å²) in [5, 5.41) is 0. The van der Waals surface area contributed by atoms with E-state index < -0.39 is 10.0 Å². The average Bonchev–Trinajstić information content (AvgIpc) is 3.37. The number of hydrogen-bond acceptors (Lipinski definition) is 7. The molecule has 4 rings (SSSR count). The Bertz CT molecular complexity index is 1020. The van der Waals surface area contributed by atoms with E-state index in [1.165, 1.54) is 24.3 Å². The second-order valence-electron chi connectivity index (χ2n) is 6.98. The number of sulfonamides is 1. The number of hydrogen-bond donors (Lipinski definition) is 1. The van der Waals surface area contributed by atoms with Gasteiger partial charge in [-0.25, -0.2) is 23.1 Å². The van der Waals surface area contributed by atoms with Crippen molar-refractivity contribution in [1.82, 2.24) is 14.7 Å². The summed E-state index contributed by atoms with van der Waals surface area (Å²) < 4.78 is 27.7. The lowest BCUT2D eigenvalue weighted by atomic mass is 10.3. The molecule has 2 amide bonds. The SMILES string of the molecule is O=C1CCC(=O)N1c1ccc(S(=O)(=O)NCc2ccnc(N3CCCC3)n2)cc1. The molecular formula is C19H21N5O4S. The lowest BCUT2D eigenvalue weighted by Gasteiger charge is -2.16. The van der Waals surface area contributed by atoms with E-state index in [2.05, 4.69) is 19.6 Å². The van der Waals surface area contributed by atoms with Crippen molar-refractivity contribution >= 4 is 33.5 Å². The molecule has 2 aliphatic rings. The average molecular weight is 415 g/mol. The topological polar surface area (TPSA) is 113 Å². The van der Waals surface area contributed by atoms with Gasteiger partial charge in [0.1, 0.15) is 0 Å². The van der Waals surface area contributed by atoms with E-state index >= 15 is 0 Å². The standard InChI is InChI=1S/C19H21N5O4S/c25-17-7-8-18(26)24(17)15-3-5-16(6-4-15)29(27,28)21-13-14-9-10-20-19(22-14)23-11-1-2-12-23/h3-6,9-10,21H,1-2,7-8,11-13H2. The minimum absolute atomic E-state index is 0.0382. The minimum Gasteiger partial charge on any atom is -0.341 e. The number of carbonyl (C=O) groups excluding carboxylic acids is 2. The van der Waals surface area contributed by atoms with Gasteiger partial charge in [0.15, 0.2) is 0 Å². The molecule has 0 bridgehead atoms. The van der Waals surface area contributed by atoms with Crippen LogP contribution in [-0.4, -0.2) is 43.3 Å². The van der Waals surface area contributed by atoms with Crippen molar-refractivity contribution in [2.24, 2.45) is 0 Å². The lowest BCUT2D eigenvalue weighted by molar-refractivity contribution is -0.121. The van der Waals surface area contributed by atoms with Crippen LogP contribution >= 0.6 is 0 Å². The van der Waals surface area contributed by atoms with Crippen LogP contribution in [0, 0.1) is 0 Å². The minimum atomic E-state index is -3.77. The molecule has 0 spiro atoms. The van der Waals surface area contributed by atoms with Gasteiger partial charge in [0.2, 0.25) is 27.8 Å². The fourth-order valence-electron chi connectivity index (χ4n) is 3.44. The lowest BCUT2D eigenvalue weighted by Crippen LogP contribution is -2.28. The Morgan fingerprint density at radius 2 is 1.62 bits per heavy atom. The molecule has 3 heterocycles. The van der Waals surface area contributed by atoms with Crippen molar-refractivity contribution in [3.63, 3.8) is 0 Å². The second kappa shape index (κ2) is 7.88. The van der Waals surface area contributed by atoms with Gasteiger partial charge in [-0.2, -0.15) is 0 Å². The Labute approximate surface area is 168 Å². The van der Waals surface area contributed by atoms with Crippen molar-refractivity contribution in [1.29, 1.82) is 0 Å². The summed E-state index contributed by atoms with van der Waals surface area (Å²) in [4.78, 5) is 35.5. The summed E-state index contributed by atoms with van der Waals surface area (Å²) in [7, 11) is -3.77. The number of carbonyl (C=O) groups is 2. The molecule has 9 nitrogen and oxygen atoms in total. The van der Waals surface area contributed by atoms with Crippen LogP contribution in [0.15, 0.2) is 41.4 Å². The third-order valence-corrected chi connectivity index (χ3v) is 6.41. The molecule has 2 aliphatic heterocycles. The van der Waals surface area contributed by atoms with Crippen molar-refractivity contribution in [2.45, 2.75) is 37.1 Å². The van der Waals surface area contributed by atoms with Crippen LogP contribution in [-0.2, 0) is 26.2 Å². The summed E-state index contributed by atoms with van der Waals surface area (Å²) in [5.41, 5.74) is 0.956.